The van der Waals surface area contributed by atoms with E-state index in [1.165, 1.54) is 18.5 Å². The molecule has 35 heavy (non-hydrogen) atoms. The minimum Gasteiger partial charge on any atom is -0.493 e. The van der Waals surface area contributed by atoms with Gasteiger partial charge in [0.15, 0.2) is 11.5 Å². The van der Waals surface area contributed by atoms with E-state index in [0.29, 0.717) is 41.6 Å². The van der Waals surface area contributed by atoms with Crippen LogP contribution in [0.25, 0.3) is 10.9 Å². The summed E-state index contributed by atoms with van der Waals surface area (Å²) in [5.74, 6) is 2.27. The molecule has 0 amide bonds. The number of benzene rings is 2. The molecule has 0 aliphatic carbocycles. The number of hydrogen-bond donors (Lipinski definition) is 1. The van der Waals surface area contributed by atoms with Crippen molar-refractivity contribution < 1.29 is 22.8 Å². The molecule has 0 radical (unpaired) electrons. The maximum atomic E-state index is 12.5. The molecule has 0 spiro atoms. The predicted molar refractivity (Wildman–Crippen MR) is 136 cm³/mol. The number of non-ortho nitro benzene ring substituents is 1. The van der Waals surface area contributed by atoms with E-state index in [0.717, 1.165) is 17.5 Å². The summed E-state index contributed by atoms with van der Waals surface area (Å²) >= 11 is 0. The van der Waals surface area contributed by atoms with Gasteiger partial charge in [0, 0.05) is 35.4 Å². The van der Waals surface area contributed by atoms with Crippen molar-refractivity contribution in [2.45, 2.75) is 31.2 Å². The largest absolute Gasteiger partial charge is 0.493 e. The summed E-state index contributed by atoms with van der Waals surface area (Å²) in [6.07, 6.45) is 3.77. The van der Waals surface area contributed by atoms with E-state index in [1.807, 2.05) is 19.9 Å². The molecule has 3 rings (SSSR count). The maximum Gasteiger partial charge on any atom is 0.287 e. The molecule has 0 fully saturated rings. The van der Waals surface area contributed by atoms with Crippen molar-refractivity contribution in [1.82, 2.24) is 9.97 Å². The summed E-state index contributed by atoms with van der Waals surface area (Å²) in [7, 11) is -3.14. The molecular weight excluding hydrogens is 494 g/mol. The van der Waals surface area contributed by atoms with Crippen molar-refractivity contribution >= 4 is 43.1 Å². The van der Waals surface area contributed by atoms with Crippen molar-refractivity contribution in [3.8, 4) is 11.5 Å². The number of fused-ring (bicyclic) bond motifs is 1. The van der Waals surface area contributed by atoms with Crippen molar-refractivity contribution in [3.63, 3.8) is 0 Å². The van der Waals surface area contributed by atoms with Gasteiger partial charge in [-0.05, 0) is 44.7 Å². The molecule has 0 aliphatic rings. The molecule has 1 N–H and O–H groups in total. The topological polar surface area (TPSA) is 146 Å². The lowest BCUT2D eigenvalue weighted by atomic mass is 10.2. The second kappa shape index (κ2) is 11.4. The van der Waals surface area contributed by atoms with Crippen LogP contribution in [0.4, 0.5) is 11.5 Å². The standard InChI is InChI=1S/C22H27N5O6S2/c1-15(2)25-22-18-12-20(32-3)21(13-19(18)23-14-24-22)33-10-5-11-34(4)26-35(30,31)17-8-6-16(7-9-17)27(28)29/h6-9,12-15H,5,10-11H2,1-4H3,(H,23,24,25). The number of anilines is 1. The number of sulfonamides is 1. The van der Waals surface area contributed by atoms with Crippen LogP contribution < -0.4 is 14.8 Å². The molecule has 1 aromatic heterocycles. The number of nitrogens with zero attached hydrogens (tertiary/aromatic N) is 4. The molecule has 3 aromatic rings. The van der Waals surface area contributed by atoms with E-state index in [-0.39, 0.29) is 16.6 Å². The number of nitro groups is 1. The van der Waals surface area contributed by atoms with E-state index in [2.05, 4.69) is 19.1 Å². The monoisotopic (exact) mass is 521 g/mol. The third-order valence-corrected chi connectivity index (χ3v) is 8.31. The SMILES string of the molecule is COc1cc2c(NC(C)C)ncnc2cc1OCCC/S(C)=N\S(=O)(=O)c1ccc([N+](=O)[O-])cc1. The molecule has 11 nitrogen and oxygen atoms in total. The summed E-state index contributed by atoms with van der Waals surface area (Å²) in [4.78, 5) is 18.7. The van der Waals surface area contributed by atoms with Crippen LogP contribution in [0, 0.1) is 10.1 Å². The number of hydrogen-bond acceptors (Lipinski definition) is 9. The minimum atomic E-state index is -3.91. The predicted octanol–water partition coefficient (Wildman–Crippen LogP) is 3.96. The van der Waals surface area contributed by atoms with Gasteiger partial charge in [0.25, 0.3) is 15.7 Å². The van der Waals surface area contributed by atoms with Gasteiger partial charge < -0.3 is 14.8 Å². The first-order valence-electron chi connectivity index (χ1n) is 10.7. The van der Waals surface area contributed by atoms with Crippen LogP contribution >= 0.6 is 0 Å². The Balaban J connectivity index is 1.65. The highest BCUT2D eigenvalue weighted by molar-refractivity contribution is 7.99. The Morgan fingerprint density at radius 2 is 1.89 bits per heavy atom. The number of nitro benzene ring substituents is 1. The van der Waals surface area contributed by atoms with Gasteiger partial charge in [-0.25, -0.2) is 9.97 Å². The van der Waals surface area contributed by atoms with Crippen molar-refractivity contribution in [2.75, 3.05) is 31.0 Å². The van der Waals surface area contributed by atoms with Crippen LogP contribution in [-0.2, 0) is 20.7 Å². The maximum absolute atomic E-state index is 12.5. The Kier molecular flexibility index (Phi) is 8.57. The van der Waals surface area contributed by atoms with Gasteiger partial charge in [0.05, 0.1) is 29.1 Å². The van der Waals surface area contributed by atoms with Gasteiger partial charge in [0.1, 0.15) is 12.1 Å². The molecule has 1 unspecified atom stereocenters. The molecule has 188 valence electrons. The molecular formula is C22H27N5O6S2. The Morgan fingerprint density at radius 1 is 1.17 bits per heavy atom. The van der Waals surface area contributed by atoms with Crippen molar-refractivity contribution in [2.24, 2.45) is 3.77 Å². The van der Waals surface area contributed by atoms with Gasteiger partial charge in [-0.2, -0.15) is 8.42 Å². The smallest absolute Gasteiger partial charge is 0.287 e. The van der Waals surface area contributed by atoms with Crippen LogP contribution in [0.2, 0.25) is 0 Å². The number of ether oxygens (including phenoxy) is 2. The molecule has 2 aromatic carbocycles. The fourth-order valence-electron chi connectivity index (χ4n) is 3.16. The lowest BCUT2D eigenvalue weighted by molar-refractivity contribution is -0.384. The summed E-state index contributed by atoms with van der Waals surface area (Å²) in [5.41, 5.74) is 0.526. The normalized spacial score (nSPS) is 12.6. The molecule has 0 aliphatic heterocycles. The van der Waals surface area contributed by atoms with Crippen molar-refractivity contribution in [1.29, 1.82) is 0 Å². The number of nitrogens with one attached hydrogen (secondary N) is 1. The zero-order chi connectivity index (χ0) is 25.6. The van der Waals surface area contributed by atoms with E-state index in [9.17, 15) is 18.5 Å². The highest BCUT2D eigenvalue weighted by Crippen LogP contribution is 2.34. The average Bonchev–Trinajstić information content (AvgIpc) is 2.81. The Labute approximate surface area is 206 Å². The van der Waals surface area contributed by atoms with Gasteiger partial charge >= 0.3 is 0 Å². The summed E-state index contributed by atoms with van der Waals surface area (Å²) in [6, 6.07) is 8.49. The molecule has 1 heterocycles. The number of aromatic nitrogens is 2. The second-order valence-corrected chi connectivity index (χ2v) is 11.5. The van der Waals surface area contributed by atoms with Gasteiger partial charge in [0.2, 0.25) is 0 Å². The summed E-state index contributed by atoms with van der Waals surface area (Å²) in [6.45, 7) is 4.37. The lowest BCUT2D eigenvalue weighted by Crippen LogP contribution is -2.11. The molecule has 0 bridgehead atoms. The summed E-state index contributed by atoms with van der Waals surface area (Å²) in [5, 5.41) is 14.9. The molecule has 0 saturated carbocycles. The number of methoxy groups -OCH3 is 1. The first-order chi connectivity index (χ1) is 16.6. The first kappa shape index (κ1) is 26.3. The van der Waals surface area contributed by atoms with E-state index < -0.39 is 25.6 Å². The molecule has 1 atom stereocenters. The summed E-state index contributed by atoms with van der Waals surface area (Å²) < 4.78 is 40.3. The van der Waals surface area contributed by atoms with Crippen LogP contribution in [0.5, 0.6) is 11.5 Å². The minimum absolute atomic E-state index is 0.0760. The van der Waals surface area contributed by atoms with E-state index >= 15 is 0 Å². The quantitative estimate of drug-likeness (QED) is 0.225. The van der Waals surface area contributed by atoms with Gasteiger partial charge in [-0.3, -0.25) is 10.1 Å². The lowest BCUT2D eigenvalue weighted by Gasteiger charge is -2.15. The first-order valence-corrected chi connectivity index (χ1v) is 13.9. The van der Waals surface area contributed by atoms with E-state index in [4.69, 9.17) is 9.47 Å². The second-order valence-electron chi connectivity index (χ2n) is 7.85. The zero-order valence-electron chi connectivity index (χ0n) is 19.8. The highest BCUT2D eigenvalue weighted by Gasteiger charge is 2.16. The van der Waals surface area contributed by atoms with Crippen LogP contribution in [-0.4, -0.2) is 55.1 Å². The third kappa shape index (κ3) is 6.85. The fourth-order valence-corrected chi connectivity index (χ4v) is 6.16. The van der Waals surface area contributed by atoms with Gasteiger partial charge in [-0.15, -0.1) is 3.77 Å². The Bertz CT molecular complexity index is 1340. The van der Waals surface area contributed by atoms with Crippen LogP contribution in [0.15, 0.2) is 51.4 Å². The van der Waals surface area contributed by atoms with Crippen LogP contribution in [0.3, 0.4) is 0 Å². The molecule has 0 saturated heterocycles. The van der Waals surface area contributed by atoms with Crippen LogP contribution in [0.1, 0.15) is 20.3 Å². The van der Waals surface area contributed by atoms with E-state index in [1.54, 1.807) is 19.4 Å². The Hall–Kier alpha value is -3.32. The zero-order valence-corrected chi connectivity index (χ0v) is 21.4. The fraction of sp³-hybridized carbons (Fsp3) is 0.364. The van der Waals surface area contributed by atoms with Gasteiger partial charge in [-0.1, -0.05) is 10.7 Å². The average molecular weight is 522 g/mol. The Morgan fingerprint density at radius 3 is 2.51 bits per heavy atom. The number of rotatable bonds is 11. The highest BCUT2D eigenvalue weighted by atomic mass is 32.3. The third-order valence-electron chi connectivity index (χ3n) is 4.76. The molecule has 13 heteroatoms. The van der Waals surface area contributed by atoms with Crippen molar-refractivity contribution in [3.05, 3.63) is 52.8 Å².